The fourth-order valence-corrected chi connectivity index (χ4v) is 0.787. The fraction of sp³-hybridized carbons (Fsp3) is 0.667. The first-order valence-electron chi connectivity index (χ1n) is 2.65. The molecule has 0 saturated heterocycles. The third-order valence-corrected chi connectivity index (χ3v) is 1.03. The Morgan fingerprint density at radius 1 is 1.78 bits per heavy atom. The first kappa shape index (κ1) is 9.21. The van der Waals surface area contributed by atoms with Crippen molar-refractivity contribution in [3.8, 4) is 9.85 Å². The minimum atomic E-state index is -0.0611. The maximum Gasteiger partial charge on any atom is 0.116 e. The second kappa shape index (κ2) is 6.33. The van der Waals surface area contributed by atoms with Gasteiger partial charge in [0.2, 0.25) is 0 Å². The summed E-state index contributed by atoms with van der Waals surface area (Å²) in [7, 11) is 0. The molecule has 1 atom stereocenters. The Hall–Kier alpha value is 0.210. The highest BCUT2D eigenvalue weighted by atomic mass is 127. The van der Waals surface area contributed by atoms with E-state index in [4.69, 9.17) is 9.84 Å². The molecular formula is C6H9IO2. The van der Waals surface area contributed by atoms with Crippen molar-refractivity contribution in [2.45, 2.75) is 13.0 Å². The summed E-state index contributed by atoms with van der Waals surface area (Å²) in [6.07, 6.45) is -0.0611. The number of hydrogen-bond acceptors (Lipinski definition) is 2. The normalized spacial score (nSPS) is 11.9. The molecule has 2 nitrogen and oxygen atoms in total. The van der Waals surface area contributed by atoms with Crippen molar-refractivity contribution >= 4 is 22.6 Å². The lowest BCUT2D eigenvalue weighted by atomic mass is 10.4. The van der Waals surface area contributed by atoms with Gasteiger partial charge in [0, 0.05) is 22.6 Å². The van der Waals surface area contributed by atoms with Crippen LogP contribution in [-0.2, 0) is 4.74 Å². The third-order valence-electron chi connectivity index (χ3n) is 0.717. The molecular weight excluding hydrogens is 231 g/mol. The van der Waals surface area contributed by atoms with Crippen LogP contribution >= 0.6 is 22.6 Å². The maximum absolute atomic E-state index is 8.31. The lowest BCUT2D eigenvalue weighted by Crippen LogP contribution is -2.08. The van der Waals surface area contributed by atoms with E-state index < -0.39 is 0 Å². The molecule has 1 unspecified atom stereocenters. The molecule has 0 bridgehead atoms. The topological polar surface area (TPSA) is 29.5 Å². The van der Waals surface area contributed by atoms with Crippen molar-refractivity contribution in [1.82, 2.24) is 0 Å². The van der Waals surface area contributed by atoms with Crippen molar-refractivity contribution in [3.63, 3.8) is 0 Å². The van der Waals surface area contributed by atoms with Crippen LogP contribution in [0.25, 0.3) is 0 Å². The van der Waals surface area contributed by atoms with E-state index in [1.54, 1.807) is 0 Å². The average Bonchev–Trinajstić information content (AvgIpc) is 1.85. The summed E-state index contributed by atoms with van der Waals surface area (Å²) in [5.74, 6) is 2.78. The molecule has 9 heavy (non-hydrogen) atoms. The lowest BCUT2D eigenvalue weighted by molar-refractivity contribution is 0.0688. The van der Waals surface area contributed by atoms with Gasteiger partial charge in [-0.3, -0.25) is 0 Å². The van der Waals surface area contributed by atoms with E-state index in [0.717, 1.165) is 0 Å². The van der Waals surface area contributed by atoms with Crippen molar-refractivity contribution in [1.29, 1.82) is 0 Å². The molecule has 3 heteroatoms. The van der Waals surface area contributed by atoms with Gasteiger partial charge in [0.25, 0.3) is 0 Å². The monoisotopic (exact) mass is 240 g/mol. The SMILES string of the molecule is CC(C#CI)OCCO. The second-order valence-electron chi connectivity index (χ2n) is 1.48. The van der Waals surface area contributed by atoms with Crippen LogP contribution in [0.1, 0.15) is 6.92 Å². The zero-order chi connectivity index (χ0) is 7.11. The highest BCUT2D eigenvalue weighted by Gasteiger charge is 1.92. The number of aliphatic hydroxyl groups excluding tert-OH is 1. The molecule has 0 heterocycles. The molecule has 0 aromatic carbocycles. The zero-order valence-electron chi connectivity index (χ0n) is 5.22. The summed E-state index contributed by atoms with van der Waals surface area (Å²) in [4.78, 5) is 0. The summed E-state index contributed by atoms with van der Waals surface area (Å²) < 4.78 is 7.69. The predicted octanol–water partition coefficient (Wildman–Crippen LogP) is 0.780. The van der Waals surface area contributed by atoms with Crippen molar-refractivity contribution in [2.24, 2.45) is 0 Å². The Labute approximate surface area is 68.7 Å². The third kappa shape index (κ3) is 6.09. The van der Waals surface area contributed by atoms with Crippen molar-refractivity contribution in [2.75, 3.05) is 13.2 Å². The molecule has 1 N–H and O–H groups in total. The summed E-state index contributed by atoms with van der Waals surface area (Å²) in [5.41, 5.74) is 0. The van der Waals surface area contributed by atoms with Crippen LogP contribution in [-0.4, -0.2) is 24.4 Å². The van der Waals surface area contributed by atoms with Gasteiger partial charge in [-0.15, -0.1) is 0 Å². The Kier molecular flexibility index (Phi) is 6.48. The summed E-state index contributed by atoms with van der Waals surface area (Å²) >= 11 is 1.95. The Balaban J connectivity index is 3.23. The lowest BCUT2D eigenvalue weighted by Gasteiger charge is -2.02. The molecule has 52 valence electrons. The molecule has 0 rings (SSSR count). The van der Waals surface area contributed by atoms with E-state index in [2.05, 4.69) is 9.85 Å². The number of hydrogen-bond donors (Lipinski definition) is 1. The van der Waals surface area contributed by atoms with Crippen LogP contribution in [0.4, 0.5) is 0 Å². The van der Waals surface area contributed by atoms with Crippen LogP contribution in [0.3, 0.4) is 0 Å². The van der Waals surface area contributed by atoms with Crippen molar-refractivity contribution in [3.05, 3.63) is 0 Å². The number of rotatable bonds is 3. The van der Waals surface area contributed by atoms with Gasteiger partial charge in [-0.05, 0) is 10.9 Å². The van der Waals surface area contributed by atoms with Crippen LogP contribution in [0.15, 0.2) is 0 Å². The molecule has 0 aliphatic carbocycles. The molecule has 0 saturated carbocycles. The minimum Gasteiger partial charge on any atom is -0.394 e. The Morgan fingerprint density at radius 2 is 2.44 bits per heavy atom. The Morgan fingerprint density at radius 3 is 2.89 bits per heavy atom. The van der Waals surface area contributed by atoms with E-state index in [1.165, 1.54) is 0 Å². The van der Waals surface area contributed by atoms with Gasteiger partial charge in [0.15, 0.2) is 0 Å². The number of ether oxygens (including phenoxy) is 1. The molecule has 0 aromatic rings. The van der Waals surface area contributed by atoms with Gasteiger partial charge >= 0.3 is 0 Å². The number of halogens is 1. The average molecular weight is 240 g/mol. The molecule has 0 aliphatic heterocycles. The summed E-state index contributed by atoms with van der Waals surface area (Å²) in [6, 6.07) is 0. The van der Waals surface area contributed by atoms with Crippen molar-refractivity contribution < 1.29 is 9.84 Å². The van der Waals surface area contributed by atoms with E-state index in [-0.39, 0.29) is 12.7 Å². The van der Waals surface area contributed by atoms with Gasteiger partial charge in [-0.25, -0.2) is 0 Å². The molecule has 0 radical (unpaired) electrons. The van der Waals surface area contributed by atoms with E-state index in [1.807, 2.05) is 29.5 Å². The van der Waals surface area contributed by atoms with Crippen LogP contribution in [0.2, 0.25) is 0 Å². The first-order valence-corrected chi connectivity index (χ1v) is 3.72. The standard InChI is InChI=1S/C6H9IO2/c1-6(2-3-7)9-5-4-8/h6,8H,4-5H2,1H3. The van der Waals surface area contributed by atoms with E-state index in [9.17, 15) is 0 Å². The van der Waals surface area contributed by atoms with Gasteiger partial charge in [-0.2, -0.15) is 0 Å². The molecule has 0 amide bonds. The van der Waals surface area contributed by atoms with Crippen LogP contribution < -0.4 is 0 Å². The zero-order valence-corrected chi connectivity index (χ0v) is 7.38. The molecule has 0 aromatic heterocycles. The summed E-state index contributed by atoms with van der Waals surface area (Å²) in [6.45, 7) is 2.28. The van der Waals surface area contributed by atoms with E-state index in [0.29, 0.717) is 6.61 Å². The maximum atomic E-state index is 8.31. The van der Waals surface area contributed by atoms with Gasteiger partial charge in [0.05, 0.1) is 13.2 Å². The van der Waals surface area contributed by atoms with E-state index >= 15 is 0 Å². The fourth-order valence-electron chi connectivity index (χ4n) is 0.348. The first-order chi connectivity index (χ1) is 4.31. The molecule has 0 aliphatic rings. The minimum absolute atomic E-state index is 0.0611. The van der Waals surface area contributed by atoms with Crippen LogP contribution in [0, 0.1) is 9.85 Å². The Bertz CT molecular complexity index is 114. The quantitative estimate of drug-likeness (QED) is 0.583. The summed E-state index contributed by atoms with van der Waals surface area (Å²) in [5, 5.41) is 8.31. The highest BCUT2D eigenvalue weighted by molar-refractivity contribution is 14.1. The van der Waals surface area contributed by atoms with Gasteiger partial charge in [0.1, 0.15) is 6.10 Å². The highest BCUT2D eigenvalue weighted by Crippen LogP contribution is 1.87. The largest absolute Gasteiger partial charge is 0.394 e. The van der Waals surface area contributed by atoms with Gasteiger partial charge in [-0.1, -0.05) is 5.92 Å². The second-order valence-corrected chi connectivity index (χ2v) is 2.01. The molecule has 0 spiro atoms. The number of aliphatic hydroxyl groups is 1. The molecule has 0 fully saturated rings. The van der Waals surface area contributed by atoms with Crippen LogP contribution in [0.5, 0.6) is 0 Å². The smallest absolute Gasteiger partial charge is 0.116 e. The predicted molar refractivity (Wildman–Crippen MR) is 44.3 cm³/mol. The van der Waals surface area contributed by atoms with Gasteiger partial charge < -0.3 is 9.84 Å².